The molecule has 0 aliphatic carbocycles. The first-order valence-corrected chi connectivity index (χ1v) is 7.51. The van der Waals surface area contributed by atoms with Crippen LogP contribution in [0.1, 0.15) is 16.7 Å². The lowest BCUT2D eigenvalue weighted by Crippen LogP contribution is -2.00. The number of ether oxygens (including phenoxy) is 1. The molecule has 2 nitrogen and oxygen atoms in total. The summed E-state index contributed by atoms with van der Waals surface area (Å²) in [5.74, 6) is 0.700. The minimum absolute atomic E-state index is 0.634. The van der Waals surface area contributed by atoms with Crippen LogP contribution in [0.2, 0.25) is 5.02 Å². The molecule has 0 unspecified atom stereocenters. The molecule has 4 heteroatoms. The Hall–Kier alpha value is -1.19. The van der Waals surface area contributed by atoms with Gasteiger partial charge >= 0.3 is 0 Å². The van der Waals surface area contributed by atoms with Gasteiger partial charge in [-0.15, -0.1) is 0 Å². The Kier molecular flexibility index (Phi) is 4.95. The first-order chi connectivity index (χ1) is 9.51. The highest BCUT2D eigenvalue weighted by Gasteiger charge is 2.04. The predicted molar refractivity (Wildman–Crippen MR) is 88.9 cm³/mol. The molecular formula is C16H17BrClNO. The lowest BCUT2D eigenvalue weighted by molar-refractivity contribution is 0.415. The standard InChI is InChI=1S/C16H17BrClNO/c1-10-6-13(7-11(2)16(10)17)19-9-12-4-5-15(20-3)14(18)8-12/h4-8,19H,9H2,1-3H3. The molecule has 0 fully saturated rings. The maximum Gasteiger partial charge on any atom is 0.137 e. The fourth-order valence-electron chi connectivity index (χ4n) is 2.07. The summed E-state index contributed by atoms with van der Waals surface area (Å²) in [5.41, 5.74) is 4.67. The third kappa shape index (κ3) is 3.47. The van der Waals surface area contributed by atoms with Crippen molar-refractivity contribution in [1.29, 1.82) is 0 Å². The molecule has 20 heavy (non-hydrogen) atoms. The largest absolute Gasteiger partial charge is 0.495 e. The molecule has 0 amide bonds. The van der Waals surface area contributed by atoms with E-state index in [-0.39, 0.29) is 0 Å². The summed E-state index contributed by atoms with van der Waals surface area (Å²) < 4.78 is 6.31. The Morgan fingerprint density at radius 3 is 2.35 bits per heavy atom. The average molecular weight is 355 g/mol. The third-order valence-electron chi connectivity index (χ3n) is 3.15. The van der Waals surface area contributed by atoms with Crippen LogP contribution in [-0.4, -0.2) is 7.11 Å². The summed E-state index contributed by atoms with van der Waals surface area (Å²) in [6, 6.07) is 10.1. The van der Waals surface area contributed by atoms with Gasteiger partial charge < -0.3 is 10.1 Å². The number of aryl methyl sites for hydroxylation is 2. The van der Waals surface area contributed by atoms with Gasteiger partial charge in [-0.2, -0.15) is 0 Å². The van der Waals surface area contributed by atoms with E-state index < -0.39 is 0 Å². The molecule has 0 saturated heterocycles. The van der Waals surface area contributed by atoms with Crippen molar-refractivity contribution < 1.29 is 4.74 Å². The quantitative estimate of drug-likeness (QED) is 0.800. The van der Waals surface area contributed by atoms with Crippen molar-refractivity contribution in [3.63, 3.8) is 0 Å². The van der Waals surface area contributed by atoms with Gasteiger partial charge in [0.15, 0.2) is 0 Å². The molecule has 0 atom stereocenters. The molecular weight excluding hydrogens is 338 g/mol. The van der Waals surface area contributed by atoms with Crippen LogP contribution in [0.25, 0.3) is 0 Å². The van der Waals surface area contributed by atoms with Gasteiger partial charge in [-0.1, -0.05) is 33.6 Å². The highest BCUT2D eigenvalue weighted by Crippen LogP contribution is 2.27. The molecule has 0 aliphatic rings. The molecule has 0 spiro atoms. The molecule has 0 aliphatic heterocycles. The molecule has 0 heterocycles. The second-order valence-electron chi connectivity index (χ2n) is 4.75. The Balaban J connectivity index is 2.11. The molecule has 0 aromatic heterocycles. The molecule has 2 aromatic carbocycles. The van der Waals surface area contributed by atoms with E-state index in [1.54, 1.807) is 7.11 Å². The van der Waals surface area contributed by atoms with Crippen LogP contribution >= 0.6 is 27.5 Å². The topological polar surface area (TPSA) is 21.3 Å². The van der Waals surface area contributed by atoms with Crippen LogP contribution in [-0.2, 0) is 6.54 Å². The van der Waals surface area contributed by atoms with Gasteiger partial charge in [0.05, 0.1) is 12.1 Å². The third-order valence-corrected chi connectivity index (χ3v) is 4.70. The Labute approximate surface area is 133 Å². The second-order valence-corrected chi connectivity index (χ2v) is 5.95. The number of hydrogen-bond acceptors (Lipinski definition) is 2. The fraction of sp³-hybridized carbons (Fsp3) is 0.250. The Bertz CT molecular complexity index is 605. The van der Waals surface area contributed by atoms with Crippen LogP contribution in [0.5, 0.6) is 5.75 Å². The number of rotatable bonds is 4. The van der Waals surface area contributed by atoms with Crippen LogP contribution in [0, 0.1) is 13.8 Å². The van der Waals surface area contributed by atoms with E-state index >= 15 is 0 Å². The van der Waals surface area contributed by atoms with Crippen molar-refractivity contribution in [3.05, 3.63) is 56.5 Å². The zero-order valence-electron chi connectivity index (χ0n) is 11.8. The lowest BCUT2D eigenvalue weighted by atomic mass is 10.1. The summed E-state index contributed by atoms with van der Waals surface area (Å²) in [4.78, 5) is 0. The van der Waals surface area contributed by atoms with E-state index in [0.29, 0.717) is 10.8 Å². The van der Waals surface area contributed by atoms with Gasteiger partial charge in [0.1, 0.15) is 5.75 Å². The van der Waals surface area contributed by atoms with Gasteiger partial charge in [0.25, 0.3) is 0 Å². The van der Waals surface area contributed by atoms with Crippen molar-refractivity contribution in [2.45, 2.75) is 20.4 Å². The predicted octanol–water partition coefficient (Wildman–Crippen LogP) is 5.34. The van der Waals surface area contributed by atoms with E-state index in [2.05, 4.69) is 47.2 Å². The maximum atomic E-state index is 6.12. The normalized spacial score (nSPS) is 10.4. The smallest absolute Gasteiger partial charge is 0.137 e. The van der Waals surface area contributed by atoms with Crippen molar-refractivity contribution >= 4 is 33.2 Å². The summed E-state index contributed by atoms with van der Waals surface area (Å²) in [6.45, 7) is 4.91. The number of benzene rings is 2. The highest BCUT2D eigenvalue weighted by atomic mass is 79.9. The lowest BCUT2D eigenvalue weighted by Gasteiger charge is -2.11. The molecule has 0 radical (unpaired) electrons. The zero-order chi connectivity index (χ0) is 14.7. The minimum Gasteiger partial charge on any atom is -0.495 e. The second kappa shape index (κ2) is 6.51. The van der Waals surface area contributed by atoms with E-state index in [9.17, 15) is 0 Å². The summed E-state index contributed by atoms with van der Waals surface area (Å²) in [5, 5.41) is 4.05. The van der Waals surface area contributed by atoms with Crippen molar-refractivity contribution in [2.24, 2.45) is 0 Å². The average Bonchev–Trinajstić information content (AvgIpc) is 2.42. The monoisotopic (exact) mass is 353 g/mol. The first-order valence-electron chi connectivity index (χ1n) is 6.34. The molecule has 1 N–H and O–H groups in total. The van der Waals surface area contributed by atoms with Crippen LogP contribution in [0.15, 0.2) is 34.8 Å². The van der Waals surface area contributed by atoms with Crippen molar-refractivity contribution in [2.75, 3.05) is 12.4 Å². The number of hydrogen-bond donors (Lipinski definition) is 1. The molecule has 2 aromatic rings. The maximum absolute atomic E-state index is 6.12. The SMILES string of the molecule is COc1ccc(CNc2cc(C)c(Br)c(C)c2)cc1Cl. The fourth-order valence-corrected chi connectivity index (χ4v) is 2.58. The van der Waals surface area contributed by atoms with Crippen LogP contribution in [0.3, 0.4) is 0 Å². The molecule has 0 saturated carbocycles. The Morgan fingerprint density at radius 1 is 1.15 bits per heavy atom. The van der Waals surface area contributed by atoms with E-state index in [4.69, 9.17) is 16.3 Å². The Morgan fingerprint density at radius 2 is 1.80 bits per heavy atom. The number of halogens is 2. The molecule has 0 bridgehead atoms. The van der Waals surface area contributed by atoms with Gasteiger partial charge in [-0.05, 0) is 54.8 Å². The van der Waals surface area contributed by atoms with Crippen molar-refractivity contribution in [3.8, 4) is 5.75 Å². The minimum atomic E-state index is 0.634. The van der Waals surface area contributed by atoms with Gasteiger partial charge in [0, 0.05) is 16.7 Å². The zero-order valence-corrected chi connectivity index (χ0v) is 14.1. The van der Waals surface area contributed by atoms with Gasteiger partial charge in [-0.3, -0.25) is 0 Å². The van der Waals surface area contributed by atoms with E-state index in [1.165, 1.54) is 11.1 Å². The summed E-state index contributed by atoms with van der Waals surface area (Å²) in [6.07, 6.45) is 0. The first kappa shape index (κ1) is 15.2. The van der Waals surface area contributed by atoms with Gasteiger partial charge in [0.2, 0.25) is 0 Å². The van der Waals surface area contributed by atoms with E-state index in [0.717, 1.165) is 22.3 Å². The summed E-state index contributed by atoms with van der Waals surface area (Å²) >= 11 is 9.70. The molecule has 2 rings (SSSR count). The van der Waals surface area contributed by atoms with Crippen molar-refractivity contribution in [1.82, 2.24) is 0 Å². The number of anilines is 1. The van der Waals surface area contributed by atoms with E-state index in [1.807, 2.05) is 18.2 Å². The summed E-state index contributed by atoms with van der Waals surface area (Å²) in [7, 11) is 1.62. The highest BCUT2D eigenvalue weighted by molar-refractivity contribution is 9.10. The van der Waals surface area contributed by atoms with Gasteiger partial charge in [-0.25, -0.2) is 0 Å². The van der Waals surface area contributed by atoms with Crippen LogP contribution < -0.4 is 10.1 Å². The number of nitrogens with one attached hydrogen (secondary N) is 1. The molecule has 106 valence electrons. The number of methoxy groups -OCH3 is 1. The van der Waals surface area contributed by atoms with Crippen LogP contribution in [0.4, 0.5) is 5.69 Å².